The molecule has 84 valence electrons. The predicted molar refractivity (Wildman–Crippen MR) is 49.9 cm³/mol. The fraction of sp³-hybridized carbons (Fsp3) is 0.500. The van der Waals surface area contributed by atoms with Crippen LogP contribution in [0.15, 0.2) is 12.3 Å². The first-order valence-corrected chi connectivity index (χ1v) is 4.57. The van der Waals surface area contributed by atoms with Crippen molar-refractivity contribution in [3.63, 3.8) is 0 Å². The van der Waals surface area contributed by atoms with Crippen molar-refractivity contribution in [3.8, 4) is 5.88 Å². The summed E-state index contributed by atoms with van der Waals surface area (Å²) in [5.74, 6) is 0.0459. The first-order chi connectivity index (χ1) is 6.92. The van der Waals surface area contributed by atoms with E-state index >= 15 is 0 Å². The van der Waals surface area contributed by atoms with Crippen LogP contribution < -0.4 is 4.74 Å². The van der Waals surface area contributed by atoms with Crippen molar-refractivity contribution in [3.05, 3.63) is 23.4 Å². The van der Waals surface area contributed by atoms with Gasteiger partial charge in [-0.25, -0.2) is 4.98 Å². The summed E-state index contributed by atoms with van der Waals surface area (Å²) in [4.78, 5) is 3.83. The van der Waals surface area contributed by atoms with Crippen LogP contribution in [0.5, 0.6) is 5.88 Å². The number of rotatable bonds is 3. The number of hydrogen-bond acceptors (Lipinski definition) is 2. The van der Waals surface area contributed by atoms with Gasteiger partial charge in [0, 0.05) is 11.8 Å². The van der Waals surface area contributed by atoms with E-state index in [0.717, 1.165) is 12.0 Å². The second-order valence-corrected chi connectivity index (χ2v) is 3.22. The third kappa shape index (κ3) is 3.77. The van der Waals surface area contributed by atoms with E-state index in [1.807, 2.05) is 6.92 Å². The second-order valence-electron chi connectivity index (χ2n) is 3.22. The van der Waals surface area contributed by atoms with Gasteiger partial charge in [0.25, 0.3) is 0 Å². The fourth-order valence-electron chi connectivity index (χ4n) is 1.12. The average molecular weight is 219 g/mol. The second kappa shape index (κ2) is 4.51. The van der Waals surface area contributed by atoms with Crippen LogP contribution in [-0.2, 0) is 6.42 Å². The fourth-order valence-corrected chi connectivity index (χ4v) is 1.12. The van der Waals surface area contributed by atoms with Crippen LogP contribution in [0.1, 0.15) is 18.1 Å². The van der Waals surface area contributed by atoms with Crippen LogP contribution in [-0.4, -0.2) is 17.8 Å². The van der Waals surface area contributed by atoms with E-state index in [1.165, 1.54) is 6.20 Å². The Bertz CT molecular complexity index is 336. The Morgan fingerprint density at radius 1 is 1.40 bits per heavy atom. The van der Waals surface area contributed by atoms with Gasteiger partial charge in [0.2, 0.25) is 5.88 Å². The summed E-state index contributed by atoms with van der Waals surface area (Å²) >= 11 is 0. The lowest BCUT2D eigenvalue weighted by Gasteiger charge is -2.10. The van der Waals surface area contributed by atoms with Gasteiger partial charge in [-0.15, -0.1) is 0 Å². The molecule has 0 unspecified atom stereocenters. The van der Waals surface area contributed by atoms with Gasteiger partial charge in [0.1, 0.15) is 0 Å². The zero-order valence-electron chi connectivity index (χ0n) is 8.56. The lowest BCUT2D eigenvalue weighted by Crippen LogP contribution is -2.20. The first-order valence-electron chi connectivity index (χ1n) is 4.57. The van der Waals surface area contributed by atoms with Gasteiger partial charge in [-0.2, -0.15) is 13.2 Å². The first kappa shape index (κ1) is 11.8. The molecule has 2 nitrogen and oxygen atoms in total. The highest BCUT2D eigenvalue weighted by Gasteiger charge is 2.28. The van der Waals surface area contributed by atoms with Crippen molar-refractivity contribution in [2.75, 3.05) is 6.61 Å². The molecule has 0 bridgehead atoms. The highest BCUT2D eigenvalue weighted by molar-refractivity contribution is 5.28. The summed E-state index contributed by atoms with van der Waals surface area (Å²) in [5.41, 5.74) is 1.60. The molecule has 0 atom stereocenters. The number of halogens is 3. The third-order valence-corrected chi connectivity index (χ3v) is 1.87. The molecule has 0 aliphatic rings. The molecule has 0 spiro atoms. The summed E-state index contributed by atoms with van der Waals surface area (Å²) in [6, 6.07) is 1.78. The largest absolute Gasteiger partial charge is 0.468 e. The van der Waals surface area contributed by atoms with E-state index in [0.29, 0.717) is 5.56 Å². The molecule has 0 saturated heterocycles. The Hall–Kier alpha value is -1.26. The molecule has 1 rings (SSSR count). The molecule has 1 heterocycles. The SMILES string of the molecule is CCc1cnc(OCC(F)(F)F)c(C)c1. The van der Waals surface area contributed by atoms with Crippen LogP contribution in [0.4, 0.5) is 13.2 Å². The zero-order valence-corrected chi connectivity index (χ0v) is 8.56. The average Bonchev–Trinajstić information content (AvgIpc) is 2.14. The maximum absolute atomic E-state index is 11.9. The van der Waals surface area contributed by atoms with Gasteiger partial charge < -0.3 is 4.74 Å². The van der Waals surface area contributed by atoms with E-state index in [2.05, 4.69) is 9.72 Å². The smallest absolute Gasteiger partial charge is 0.422 e. The summed E-state index contributed by atoms with van der Waals surface area (Å²) in [6.45, 7) is 2.33. The van der Waals surface area contributed by atoms with Crippen LogP contribution in [0, 0.1) is 6.92 Å². The number of pyridine rings is 1. The summed E-state index contributed by atoms with van der Waals surface area (Å²) in [6.07, 6.45) is -2.00. The van der Waals surface area contributed by atoms with E-state index in [-0.39, 0.29) is 5.88 Å². The van der Waals surface area contributed by atoms with Crippen molar-refractivity contribution in [1.82, 2.24) is 4.98 Å². The molecule has 0 aliphatic heterocycles. The van der Waals surface area contributed by atoms with Crippen LogP contribution in [0.25, 0.3) is 0 Å². The van der Waals surface area contributed by atoms with E-state index in [4.69, 9.17) is 0 Å². The number of hydrogen-bond donors (Lipinski definition) is 0. The van der Waals surface area contributed by atoms with Gasteiger partial charge in [-0.3, -0.25) is 0 Å². The molecule has 5 heteroatoms. The summed E-state index contributed by atoms with van der Waals surface area (Å²) in [5, 5.41) is 0. The zero-order chi connectivity index (χ0) is 11.5. The number of ether oxygens (including phenoxy) is 1. The molecule has 0 amide bonds. The normalized spacial score (nSPS) is 11.5. The molecule has 0 aromatic carbocycles. The Morgan fingerprint density at radius 3 is 2.53 bits per heavy atom. The monoisotopic (exact) mass is 219 g/mol. The summed E-state index contributed by atoms with van der Waals surface area (Å²) in [7, 11) is 0. The third-order valence-electron chi connectivity index (χ3n) is 1.87. The van der Waals surface area contributed by atoms with E-state index < -0.39 is 12.8 Å². The number of nitrogens with zero attached hydrogens (tertiary/aromatic N) is 1. The number of aryl methyl sites for hydroxylation is 2. The van der Waals surface area contributed by atoms with Crippen LogP contribution >= 0.6 is 0 Å². The Kier molecular flexibility index (Phi) is 3.55. The lowest BCUT2D eigenvalue weighted by molar-refractivity contribution is -0.154. The van der Waals surface area contributed by atoms with Crippen molar-refractivity contribution in [2.24, 2.45) is 0 Å². The maximum atomic E-state index is 11.9. The molecule has 0 radical (unpaired) electrons. The van der Waals surface area contributed by atoms with Crippen molar-refractivity contribution < 1.29 is 17.9 Å². The molecule has 0 N–H and O–H groups in total. The number of alkyl halides is 3. The molecule has 0 fully saturated rings. The Labute approximate surface area is 86.1 Å². The van der Waals surface area contributed by atoms with Gasteiger partial charge in [0.15, 0.2) is 6.61 Å². The van der Waals surface area contributed by atoms with Gasteiger partial charge in [-0.05, 0) is 25.0 Å². The molecular weight excluding hydrogens is 207 g/mol. The minimum Gasteiger partial charge on any atom is -0.468 e. The quantitative estimate of drug-likeness (QED) is 0.779. The number of aromatic nitrogens is 1. The highest BCUT2D eigenvalue weighted by atomic mass is 19.4. The predicted octanol–water partition coefficient (Wildman–Crippen LogP) is 2.89. The molecular formula is C10H12F3NO. The molecule has 0 aliphatic carbocycles. The molecule has 0 saturated carbocycles. The minimum atomic E-state index is -4.32. The van der Waals surface area contributed by atoms with E-state index in [9.17, 15) is 13.2 Å². The summed E-state index contributed by atoms with van der Waals surface area (Å²) < 4.78 is 40.2. The molecule has 1 aromatic rings. The minimum absolute atomic E-state index is 0.0459. The van der Waals surface area contributed by atoms with Crippen LogP contribution in [0.2, 0.25) is 0 Å². The molecule has 15 heavy (non-hydrogen) atoms. The highest BCUT2D eigenvalue weighted by Crippen LogP contribution is 2.20. The Morgan fingerprint density at radius 2 is 2.07 bits per heavy atom. The van der Waals surface area contributed by atoms with Crippen molar-refractivity contribution in [2.45, 2.75) is 26.4 Å². The van der Waals surface area contributed by atoms with Crippen LogP contribution in [0.3, 0.4) is 0 Å². The standard InChI is InChI=1S/C10H12F3NO/c1-3-8-4-7(2)9(14-5-8)15-6-10(11,12)13/h4-5H,3,6H2,1-2H3. The Balaban J connectivity index is 2.70. The van der Waals surface area contributed by atoms with Gasteiger partial charge >= 0.3 is 6.18 Å². The topological polar surface area (TPSA) is 22.1 Å². The molecule has 1 aromatic heterocycles. The van der Waals surface area contributed by atoms with Gasteiger partial charge in [-0.1, -0.05) is 6.92 Å². The maximum Gasteiger partial charge on any atom is 0.422 e. The van der Waals surface area contributed by atoms with Crippen molar-refractivity contribution >= 4 is 0 Å². The van der Waals surface area contributed by atoms with E-state index in [1.54, 1.807) is 13.0 Å². The lowest BCUT2D eigenvalue weighted by atomic mass is 10.2. The van der Waals surface area contributed by atoms with Crippen molar-refractivity contribution in [1.29, 1.82) is 0 Å². The van der Waals surface area contributed by atoms with Gasteiger partial charge in [0.05, 0.1) is 0 Å².